The van der Waals surface area contributed by atoms with E-state index in [2.05, 4.69) is 55.0 Å². The van der Waals surface area contributed by atoms with Gasteiger partial charge in [-0.25, -0.2) is 4.39 Å². The Hall–Kier alpha value is -2.96. The Morgan fingerprint density at radius 2 is 1.68 bits per heavy atom. The highest BCUT2D eigenvalue weighted by atomic mass is 19.1. The molecule has 6 heteroatoms. The van der Waals surface area contributed by atoms with Gasteiger partial charge in [0.25, 0.3) is 0 Å². The summed E-state index contributed by atoms with van der Waals surface area (Å²) in [5, 5.41) is 0. The summed E-state index contributed by atoms with van der Waals surface area (Å²) in [6.07, 6.45) is 8.50. The molecule has 0 atom stereocenters. The van der Waals surface area contributed by atoms with Crippen LogP contribution < -0.4 is 9.64 Å². The van der Waals surface area contributed by atoms with Gasteiger partial charge in [0.1, 0.15) is 11.6 Å². The molecule has 0 N–H and O–H groups in total. The summed E-state index contributed by atoms with van der Waals surface area (Å²) in [6, 6.07) is 15.2. The number of nitrogens with zero attached hydrogens (tertiary/aromatic N) is 3. The molecule has 2 aromatic carbocycles. The fourth-order valence-corrected chi connectivity index (χ4v) is 6.59. The fourth-order valence-electron chi connectivity index (χ4n) is 6.59. The second-order valence-corrected chi connectivity index (χ2v) is 12.0. The van der Waals surface area contributed by atoms with Gasteiger partial charge in [0, 0.05) is 51.0 Å². The molecule has 1 spiro atoms. The topological polar surface area (TPSA) is 37.8 Å². The molecule has 220 valence electrons. The molecule has 41 heavy (non-hydrogen) atoms. The van der Waals surface area contributed by atoms with Crippen LogP contribution in [0.3, 0.4) is 0 Å². The number of likely N-dealkylation sites (N-methyl/N-ethyl adjacent to an activating group) is 1. The van der Waals surface area contributed by atoms with Crippen molar-refractivity contribution < 1.29 is 13.9 Å². The van der Waals surface area contributed by atoms with Crippen LogP contribution in [0.15, 0.2) is 48.5 Å². The Morgan fingerprint density at radius 1 is 0.976 bits per heavy atom. The number of anilines is 1. The molecule has 0 bridgehead atoms. The van der Waals surface area contributed by atoms with E-state index >= 15 is 0 Å². The first-order valence-corrected chi connectivity index (χ1v) is 15.3. The van der Waals surface area contributed by atoms with E-state index in [-0.39, 0.29) is 5.82 Å². The van der Waals surface area contributed by atoms with Gasteiger partial charge in [-0.3, -0.25) is 9.88 Å². The largest absolute Gasteiger partial charge is 0.493 e. The van der Waals surface area contributed by atoms with Crippen LogP contribution in [0.4, 0.5) is 10.1 Å². The Morgan fingerprint density at radius 3 is 2.29 bits per heavy atom. The van der Waals surface area contributed by atoms with Crippen molar-refractivity contribution in [3.8, 4) is 16.9 Å². The van der Waals surface area contributed by atoms with Crippen molar-refractivity contribution in [1.29, 1.82) is 0 Å². The molecule has 0 amide bonds. The monoisotopic (exact) mass is 559 g/mol. The van der Waals surface area contributed by atoms with E-state index in [1.807, 2.05) is 12.1 Å². The molecule has 5 nitrogen and oxygen atoms in total. The maximum Gasteiger partial charge on any atom is 0.123 e. The highest BCUT2D eigenvalue weighted by Crippen LogP contribution is 2.50. The number of rotatable bonds is 12. The lowest BCUT2D eigenvalue weighted by atomic mass is 9.63. The third-order valence-corrected chi connectivity index (χ3v) is 9.27. The molecule has 5 rings (SSSR count). The first-order valence-electron chi connectivity index (χ1n) is 15.3. The molecule has 2 heterocycles. The lowest BCUT2D eigenvalue weighted by Crippen LogP contribution is -2.44. The lowest BCUT2D eigenvalue weighted by molar-refractivity contribution is 0.0955. The molecule has 3 aromatic rings. The summed E-state index contributed by atoms with van der Waals surface area (Å²) in [6.45, 7) is 9.55. The molecule has 2 aliphatic rings. The highest BCUT2D eigenvalue weighted by Gasteiger charge is 2.40. The number of halogens is 1. The summed E-state index contributed by atoms with van der Waals surface area (Å²) < 4.78 is 24.7. The third kappa shape index (κ3) is 6.92. The second-order valence-electron chi connectivity index (χ2n) is 12.0. The standard InChI is InChI=1S/C35H46FN3O2/c1-5-31-26(2)37-32(25-38(3)22-24-40-4)33(34(31)39-20-18-35(19-21-39)16-6-17-35)28-9-13-30(14-10-28)41-23-15-27-7-11-29(36)12-8-27/h7-14H,5-6,15-25H2,1-4H3. The van der Waals surface area contributed by atoms with Crippen LogP contribution in [0.2, 0.25) is 0 Å². The zero-order valence-corrected chi connectivity index (χ0v) is 25.3. The van der Waals surface area contributed by atoms with Gasteiger partial charge in [-0.1, -0.05) is 37.6 Å². The lowest BCUT2D eigenvalue weighted by Gasteiger charge is -2.49. The maximum absolute atomic E-state index is 13.2. The average Bonchev–Trinajstić information content (AvgIpc) is 2.96. The Kier molecular flexibility index (Phi) is 9.61. The van der Waals surface area contributed by atoms with Gasteiger partial charge in [0.15, 0.2) is 0 Å². The molecule has 0 unspecified atom stereocenters. The fraction of sp³-hybridized carbons (Fsp3) is 0.514. The maximum atomic E-state index is 13.2. The average molecular weight is 560 g/mol. The first kappa shape index (κ1) is 29.5. The van der Waals surface area contributed by atoms with Crippen molar-refractivity contribution >= 4 is 5.69 Å². The van der Waals surface area contributed by atoms with E-state index in [0.717, 1.165) is 61.7 Å². The van der Waals surface area contributed by atoms with Crippen LogP contribution in [-0.4, -0.2) is 56.9 Å². The van der Waals surface area contributed by atoms with Crippen molar-refractivity contribution in [1.82, 2.24) is 9.88 Å². The van der Waals surface area contributed by atoms with E-state index in [4.69, 9.17) is 14.5 Å². The molecule has 1 saturated carbocycles. The number of benzene rings is 2. The Balaban J connectivity index is 1.43. The zero-order chi connectivity index (χ0) is 28.8. The smallest absolute Gasteiger partial charge is 0.123 e. The van der Waals surface area contributed by atoms with E-state index in [9.17, 15) is 4.39 Å². The van der Waals surface area contributed by atoms with Crippen LogP contribution in [-0.2, 0) is 24.1 Å². The number of pyridine rings is 1. The number of hydrogen-bond acceptors (Lipinski definition) is 5. The SMILES string of the molecule is CCc1c(C)nc(CN(C)CCOC)c(-c2ccc(OCCc3ccc(F)cc3)cc2)c1N1CCC2(CCC2)CC1. The summed E-state index contributed by atoms with van der Waals surface area (Å²) >= 11 is 0. The van der Waals surface area contributed by atoms with Crippen LogP contribution in [0.1, 0.15) is 61.5 Å². The minimum atomic E-state index is -0.210. The Bertz CT molecular complexity index is 1280. The normalized spacial score (nSPS) is 16.3. The van der Waals surface area contributed by atoms with Gasteiger partial charge >= 0.3 is 0 Å². The van der Waals surface area contributed by atoms with Gasteiger partial charge in [0.2, 0.25) is 0 Å². The molecular weight excluding hydrogens is 513 g/mol. The second kappa shape index (κ2) is 13.3. The molecular formula is C35H46FN3O2. The highest BCUT2D eigenvalue weighted by molar-refractivity contribution is 5.84. The van der Waals surface area contributed by atoms with Crippen LogP contribution in [0, 0.1) is 18.2 Å². The van der Waals surface area contributed by atoms with Crippen LogP contribution in [0.25, 0.3) is 11.1 Å². The summed E-state index contributed by atoms with van der Waals surface area (Å²) in [7, 11) is 3.90. The van der Waals surface area contributed by atoms with Crippen molar-refractivity contribution in [2.45, 2.75) is 65.3 Å². The number of aryl methyl sites for hydroxylation is 1. The zero-order valence-electron chi connectivity index (χ0n) is 25.3. The molecule has 1 aliphatic heterocycles. The van der Waals surface area contributed by atoms with Crippen molar-refractivity contribution in [2.75, 3.05) is 51.9 Å². The summed E-state index contributed by atoms with van der Waals surface area (Å²) in [5.74, 6) is 0.634. The first-order chi connectivity index (χ1) is 19.9. The molecule has 1 aromatic heterocycles. The minimum absolute atomic E-state index is 0.210. The van der Waals surface area contributed by atoms with Gasteiger partial charge in [-0.2, -0.15) is 0 Å². The number of hydrogen-bond donors (Lipinski definition) is 0. The van der Waals surface area contributed by atoms with Crippen molar-refractivity contribution in [2.24, 2.45) is 5.41 Å². The van der Waals surface area contributed by atoms with Crippen molar-refractivity contribution in [3.63, 3.8) is 0 Å². The van der Waals surface area contributed by atoms with Crippen LogP contribution >= 0.6 is 0 Å². The predicted molar refractivity (Wildman–Crippen MR) is 165 cm³/mol. The van der Waals surface area contributed by atoms with Gasteiger partial charge in [-0.15, -0.1) is 0 Å². The van der Waals surface area contributed by atoms with E-state index in [0.29, 0.717) is 18.6 Å². The summed E-state index contributed by atoms with van der Waals surface area (Å²) in [4.78, 5) is 10.2. The number of aromatic nitrogens is 1. The number of ether oxygens (including phenoxy) is 2. The number of piperidine rings is 1. The van der Waals surface area contributed by atoms with E-state index in [1.54, 1.807) is 7.11 Å². The summed E-state index contributed by atoms with van der Waals surface area (Å²) in [5.41, 5.74) is 9.14. The minimum Gasteiger partial charge on any atom is -0.493 e. The number of methoxy groups -OCH3 is 1. The third-order valence-electron chi connectivity index (χ3n) is 9.27. The van der Waals surface area contributed by atoms with E-state index < -0.39 is 0 Å². The quantitative estimate of drug-likeness (QED) is 0.234. The molecule has 0 radical (unpaired) electrons. The van der Waals surface area contributed by atoms with Crippen molar-refractivity contribution in [3.05, 3.63) is 76.9 Å². The molecule has 1 saturated heterocycles. The van der Waals surface area contributed by atoms with Gasteiger partial charge in [0.05, 0.1) is 24.6 Å². The molecule has 2 fully saturated rings. The van der Waals surface area contributed by atoms with Gasteiger partial charge in [-0.05, 0) is 92.4 Å². The predicted octanol–water partition coefficient (Wildman–Crippen LogP) is 7.23. The Labute approximate surface area is 245 Å². The van der Waals surface area contributed by atoms with Gasteiger partial charge < -0.3 is 14.4 Å². The molecule has 1 aliphatic carbocycles. The van der Waals surface area contributed by atoms with Crippen LogP contribution in [0.5, 0.6) is 5.75 Å². The van der Waals surface area contributed by atoms with E-state index in [1.165, 1.54) is 66.6 Å².